The second-order valence-electron chi connectivity index (χ2n) is 4.31. The molecule has 0 fully saturated rings. The van der Waals surface area contributed by atoms with Crippen LogP contribution in [-0.2, 0) is 10.2 Å². The number of hydrogen-bond acceptors (Lipinski definition) is 2. The Balaban J connectivity index is 3.07. The molecule has 1 rings (SSSR count). The first kappa shape index (κ1) is 12.7. The van der Waals surface area contributed by atoms with Gasteiger partial charge in [0.05, 0.1) is 0 Å². The summed E-state index contributed by atoms with van der Waals surface area (Å²) in [4.78, 5) is 0. The fourth-order valence-electron chi connectivity index (χ4n) is 1.63. The summed E-state index contributed by atoms with van der Waals surface area (Å²) in [6, 6.07) is -0.00185. The molecule has 0 bridgehead atoms. The molecule has 0 saturated heterocycles. The molecule has 1 heterocycles. The third-order valence-electron chi connectivity index (χ3n) is 2.48. The van der Waals surface area contributed by atoms with Crippen LogP contribution in [0.5, 0.6) is 0 Å². The van der Waals surface area contributed by atoms with E-state index in [9.17, 15) is 8.42 Å². The van der Waals surface area contributed by atoms with E-state index in [1.54, 1.807) is 0 Å². The van der Waals surface area contributed by atoms with Crippen LogP contribution in [0.3, 0.4) is 0 Å². The summed E-state index contributed by atoms with van der Waals surface area (Å²) < 4.78 is 27.5. The van der Waals surface area contributed by atoms with E-state index in [4.69, 9.17) is 0 Å². The van der Waals surface area contributed by atoms with Crippen molar-refractivity contribution in [3.8, 4) is 0 Å². The minimum absolute atomic E-state index is 0.000926. The van der Waals surface area contributed by atoms with Gasteiger partial charge in [0.15, 0.2) is 0 Å². The highest BCUT2D eigenvalue weighted by Crippen LogP contribution is 2.17. The van der Waals surface area contributed by atoms with Gasteiger partial charge in [-0.25, -0.2) is 0 Å². The Hall–Kier alpha value is -0.390. The van der Waals surface area contributed by atoms with Crippen molar-refractivity contribution in [1.29, 1.82) is 0 Å². The van der Waals surface area contributed by atoms with E-state index in [2.05, 4.69) is 0 Å². The topological polar surface area (TPSA) is 40.6 Å². The summed E-state index contributed by atoms with van der Waals surface area (Å²) >= 11 is 0. The molecule has 88 valence electrons. The highest BCUT2D eigenvalue weighted by Gasteiger charge is 2.33. The molecule has 1 aliphatic rings. The van der Waals surface area contributed by atoms with Crippen molar-refractivity contribution >= 4 is 10.2 Å². The Morgan fingerprint density at radius 3 is 1.53 bits per heavy atom. The molecule has 0 radical (unpaired) electrons. The van der Waals surface area contributed by atoms with Crippen molar-refractivity contribution in [3.63, 3.8) is 0 Å². The summed E-state index contributed by atoms with van der Waals surface area (Å²) in [6.07, 6.45) is 3.83. The van der Waals surface area contributed by atoms with E-state index in [0.717, 1.165) is 0 Å². The number of nitrogens with zero attached hydrogens (tertiary/aromatic N) is 2. The molecule has 4 nitrogen and oxygen atoms in total. The van der Waals surface area contributed by atoms with Gasteiger partial charge < -0.3 is 0 Å². The highest BCUT2D eigenvalue weighted by molar-refractivity contribution is 7.86. The number of hydrogen-bond donors (Lipinski definition) is 0. The predicted molar refractivity (Wildman–Crippen MR) is 61.7 cm³/mol. The standard InChI is InChI=1S/C10H20N2O2S/c1-9(2)11-7-5-6-8-12(10(3)4)15(11,13)14/h5-6,9-10H,7-8H2,1-4H3. The quantitative estimate of drug-likeness (QED) is 0.672. The van der Waals surface area contributed by atoms with Crippen molar-refractivity contribution in [2.24, 2.45) is 0 Å². The average Bonchev–Trinajstić information content (AvgIpc) is 2.22. The van der Waals surface area contributed by atoms with E-state index in [1.807, 2.05) is 39.8 Å². The minimum atomic E-state index is -3.30. The van der Waals surface area contributed by atoms with E-state index in [-0.39, 0.29) is 12.1 Å². The zero-order valence-electron chi connectivity index (χ0n) is 9.84. The molecule has 0 N–H and O–H groups in total. The lowest BCUT2D eigenvalue weighted by atomic mass is 10.3. The van der Waals surface area contributed by atoms with Gasteiger partial charge in [-0.2, -0.15) is 17.0 Å². The molecule has 0 amide bonds. The largest absolute Gasteiger partial charge is 0.283 e. The average molecular weight is 232 g/mol. The lowest BCUT2D eigenvalue weighted by Crippen LogP contribution is -2.48. The summed E-state index contributed by atoms with van der Waals surface area (Å²) in [6.45, 7) is 8.54. The van der Waals surface area contributed by atoms with E-state index in [1.165, 1.54) is 8.61 Å². The summed E-state index contributed by atoms with van der Waals surface area (Å²) in [5, 5.41) is 0. The monoisotopic (exact) mass is 232 g/mol. The van der Waals surface area contributed by atoms with Crippen LogP contribution >= 0.6 is 0 Å². The van der Waals surface area contributed by atoms with Crippen LogP contribution < -0.4 is 0 Å². The second-order valence-corrected chi connectivity index (χ2v) is 6.14. The Morgan fingerprint density at radius 2 is 1.27 bits per heavy atom. The van der Waals surface area contributed by atoms with E-state index in [0.29, 0.717) is 13.1 Å². The first-order chi connectivity index (χ1) is 6.87. The van der Waals surface area contributed by atoms with Crippen molar-refractivity contribution in [2.45, 2.75) is 39.8 Å². The van der Waals surface area contributed by atoms with Crippen LogP contribution in [0.25, 0.3) is 0 Å². The van der Waals surface area contributed by atoms with Crippen molar-refractivity contribution < 1.29 is 8.42 Å². The highest BCUT2D eigenvalue weighted by atomic mass is 32.2. The molecule has 0 saturated carbocycles. The minimum Gasteiger partial charge on any atom is -0.195 e. The van der Waals surface area contributed by atoms with Crippen LogP contribution in [0.15, 0.2) is 12.2 Å². The fourth-order valence-corrected chi connectivity index (χ4v) is 3.52. The van der Waals surface area contributed by atoms with E-state index < -0.39 is 10.2 Å². The Kier molecular flexibility index (Phi) is 3.92. The SMILES string of the molecule is CC(C)N1CC=CCN(C(C)C)S1(=O)=O. The zero-order chi connectivity index (χ0) is 11.6. The summed E-state index contributed by atoms with van der Waals surface area (Å²) in [5.41, 5.74) is 0. The summed E-state index contributed by atoms with van der Waals surface area (Å²) in [7, 11) is -3.30. The van der Waals surface area contributed by atoms with Crippen LogP contribution in [-0.4, -0.2) is 42.2 Å². The molecule has 15 heavy (non-hydrogen) atoms. The molecule has 1 aliphatic heterocycles. The van der Waals surface area contributed by atoms with E-state index >= 15 is 0 Å². The third kappa shape index (κ3) is 2.59. The Morgan fingerprint density at radius 1 is 0.933 bits per heavy atom. The Bertz CT molecular complexity index is 307. The molecule has 0 aromatic heterocycles. The van der Waals surface area contributed by atoms with Gasteiger partial charge in [0.25, 0.3) is 10.2 Å². The molecular formula is C10H20N2O2S. The molecule has 0 aromatic carbocycles. The fraction of sp³-hybridized carbons (Fsp3) is 0.800. The molecule has 0 spiro atoms. The molecule has 0 aliphatic carbocycles. The maximum absolute atomic E-state index is 12.2. The summed E-state index contributed by atoms with van der Waals surface area (Å²) in [5.74, 6) is 0. The van der Waals surface area contributed by atoms with Crippen LogP contribution in [0, 0.1) is 0 Å². The van der Waals surface area contributed by atoms with Crippen LogP contribution in [0.1, 0.15) is 27.7 Å². The molecule has 0 aromatic rings. The third-order valence-corrected chi connectivity index (χ3v) is 4.81. The maximum atomic E-state index is 12.2. The van der Waals surface area contributed by atoms with Gasteiger partial charge in [-0.1, -0.05) is 12.2 Å². The van der Waals surface area contributed by atoms with Crippen LogP contribution in [0.2, 0.25) is 0 Å². The Labute approximate surface area is 92.7 Å². The van der Waals surface area contributed by atoms with Gasteiger partial charge in [0.1, 0.15) is 0 Å². The van der Waals surface area contributed by atoms with Gasteiger partial charge in [0, 0.05) is 25.2 Å². The van der Waals surface area contributed by atoms with Crippen molar-refractivity contribution in [2.75, 3.05) is 13.1 Å². The predicted octanol–water partition coefficient (Wildman–Crippen LogP) is 1.22. The first-order valence-electron chi connectivity index (χ1n) is 5.31. The van der Waals surface area contributed by atoms with Crippen LogP contribution in [0.4, 0.5) is 0 Å². The lowest BCUT2D eigenvalue weighted by Gasteiger charge is -2.31. The first-order valence-corrected chi connectivity index (χ1v) is 6.70. The van der Waals surface area contributed by atoms with Gasteiger partial charge in [-0.3, -0.25) is 0 Å². The van der Waals surface area contributed by atoms with Gasteiger partial charge in [-0.05, 0) is 27.7 Å². The zero-order valence-corrected chi connectivity index (χ0v) is 10.7. The smallest absolute Gasteiger partial charge is 0.195 e. The van der Waals surface area contributed by atoms with Gasteiger partial charge >= 0.3 is 0 Å². The molecular weight excluding hydrogens is 212 g/mol. The van der Waals surface area contributed by atoms with Gasteiger partial charge in [0.2, 0.25) is 0 Å². The number of rotatable bonds is 2. The molecule has 5 heteroatoms. The second kappa shape index (κ2) is 4.63. The van der Waals surface area contributed by atoms with Crippen molar-refractivity contribution in [1.82, 2.24) is 8.61 Å². The molecule has 0 atom stereocenters. The normalized spacial score (nSPS) is 23.6. The maximum Gasteiger partial charge on any atom is 0.283 e. The van der Waals surface area contributed by atoms with Crippen molar-refractivity contribution in [3.05, 3.63) is 12.2 Å². The van der Waals surface area contributed by atoms with Gasteiger partial charge in [-0.15, -0.1) is 0 Å². The molecule has 0 unspecified atom stereocenters. The lowest BCUT2D eigenvalue weighted by molar-refractivity contribution is 0.313.